The van der Waals surface area contributed by atoms with Crippen molar-refractivity contribution in [2.24, 2.45) is 5.92 Å². The molecule has 0 N–H and O–H groups in total. The molecule has 1 atom stereocenters. The number of allylic oxidation sites excluding steroid dienone is 1. The minimum Gasteiger partial charge on any atom is -0.366 e. The number of nitrogens with zero attached hydrogens (tertiary/aromatic N) is 4. The zero-order chi connectivity index (χ0) is 20.6. The molecule has 0 bridgehead atoms. The lowest BCUT2D eigenvalue weighted by molar-refractivity contribution is -0.147. The first kappa shape index (κ1) is 20.2. The first-order chi connectivity index (χ1) is 13.1. The fourth-order valence-corrected chi connectivity index (χ4v) is 3.34. The predicted molar refractivity (Wildman–Crippen MR) is 88.4 cm³/mol. The van der Waals surface area contributed by atoms with Crippen LogP contribution >= 0.6 is 0 Å². The van der Waals surface area contributed by atoms with Crippen molar-refractivity contribution in [2.75, 3.05) is 6.54 Å². The van der Waals surface area contributed by atoms with Gasteiger partial charge in [-0.1, -0.05) is 13.5 Å². The first-order valence-electron chi connectivity index (χ1n) is 8.61. The van der Waals surface area contributed by atoms with E-state index in [-0.39, 0.29) is 36.8 Å². The molecule has 2 heterocycles. The summed E-state index contributed by atoms with van der Waals surface area (Å²) in [4.78, 5) is 1.79. The second kappa shape index (κ2) is 7.48. The molecule has 0 aliphatic carbocycles. The molecule has 1 aliphatic heterocycles. The van der Waals surface area contributed by atoms with Crippen molar-refractivity contribution in [1.82, 2.24) is 19.7 Å². The van der Waals surface area contributed by atoms with E-state index in [0.717, 1.165) is 10.6 Å². The van der Waals surface area contributed by atoms with Crippen molar-refractivity contribution in [3.8, 4) is 0 Å². The molecular weight excluding hydrogens is 386 g/mol. The molecule has 2 aromatic rings. The normalized spacial score (nSPS) is 15.5. The van der Waals surface area contributed by atoms with Gasteiger partial charge >= 0.3 is 6.18 Å². The largest absolute Gasteiger partial charge is 0.451 e. The summed E-state index contributed by atoms with van der Waals surface area (Å²) in [5.74, 6) is -4.14. The quantitative estimate of drug-likeness (QED) is 0.550. The predicted octanol–water partition coefficient (Wildman–Crippen LogP) is 4.31. The smallest absolute Gasteiger partial charge is 0.366 e. The van der Waals surface area contributed by atoms with Crippen LogP contribution in [0.4, 0.5) is 26.3 Å². The van der Waals surface area contributed by atoms with Gasteiger partial charge in [0.1, 0.15) is 5.82 Å². The van der Waals surface area contributed by atoms with Crippen LogP contribution in [-0.2, 0) is 25.7 Å². The molecule has 0 amide bonds. The fourth-order valence-electron chi connectivity index (χ4n) is 3.34. The molecule has 1 aromatic heterocycles. The highest BCUT2D eigenvalue weighted by Crippen LogP contribution is 2.30. The Bertz CT molecular complexity index is 889. The van der Waals surface area contributed by atoms with E-state index in [1.54, 1.807) is 11.8 Å². The molecule has 3 rings (SSSR count). The number of fused-ring (bicyclic) bond motifs is 1. The van der Waals surface area contributed by atoms with Gasteiger partial charge in [0.15, 0.2) is 17.5 Å². The van der Waals surface area contributed by atoms with Gasteiger partial charge in [0.2, 0.25) is 5.82 Å². The summed E-state index contributed by atoms with van der Waals surface area (Å²) >= 11 is 0. The first-order valence-corrected chi connectivity index (χ1v) is 8.61. The van der Waals surface area contributed by atoms with E-state index >= 15 is 0 Å². The lowest BCUT2D eigenvalue weighted by Gasteiger charge is -2.32. The Balaban J connectivity index is 1.63. The van der Waals surface area contributed by atoms with Crippen LogP contribution in [0.15, 0.2) is 24.4 Å². The van der Waals surface area contributed by atoms with Crippen molar-refractivity contribution in [1.29, 1.82) is 0 Å². The standard InChI is InChI=1S/C18H18F6N4/c1-10(6-12-7-14(20)15(21)8-13(12)19)5-11(2)27-3-4-28-16(9-27)25-26-17(28)18(22,23)24/h7-8,10H,2-6,9H2,1H3/t10-/m0/s1. The summed E-state index contributed by atoms with van der Waals surface area (Å²) in [6, 6.07) is 1.36. The monoisotopic (exact) mass is 404 g/mol. The highest BCUT2D eigenvalue weighted by Gasteiger charge is 2.39. The van der Waals surface area contributed by atoms with Crippen molar-refractivity contribution < 1.29 is 26.3 Å². The fraction of sp³-hybridized carbons (Fsp3) is 0.444. The van der Waals surface area contributed by atoms with Gasteiger partial charge in [-0.3, -0.25) is 0 Å². The Morgan fingerprint density at radius 1 is 1.11 bits per heavy atom. The molecule has 0 radical (unpaired) electrons. The van der Waals surface area contributed by atoms with E-state index in [4.69, 9.17) is 0 Å². The van der Waals surface area contributed by atoms with Gasteiger partial charge in [-0.15, -0.1) is 10.2 Å². The molecule has 1 aliphatic rings. The van der Waals surface area contributed by atoms with Crippen LogP contribution in [0.2, 0.25) is 0 Å². The van der Waals surface area contributed by atoms with Gasteiger partial charge in [0.05, 0.1) is 6.54 Å². The Hall–Kier alpha value is -2.52. The van der Waals surface area contributed by atoms with Gasteiger partial charge in [0.25, 0.3) is 0 Å². The molecule has 0 saturated carbocycles. The van der Waals surface area contributed by atoms with E-state index in [2.05, 4.69) is 16.8 Å². The zero-order valence-electron chi connectivity index (χ0n) is 15.0. The summed E-state index contributed by atoms with van der Waals surface area (Å²) in [7, 11) is 0. The molecular formula is C18H18F6N4. The van der Waals surface area contributed by atoms with Crippen LogP contribution < -0.4 is 0 Å². The highest BCUT2D eigenvalue weighted by molar-refractivity contribution is 5.21. The van der Waals surface area contributed by atoms with Gasteiger partial charge < -0.3 is 9.47 Å². The molecule has 4 nitrogen and oxygen atoms in total. The SMILES string of the molecule is C=C(C[C@H](C)Cc1cc(F)c(F)cc1F)N1CCn2c(nnc2C(F)(F)F)C1. The Kier molecular flexibility index (Phi) is 5.40. The van der Waals surface area contributed by atoms with E-state index in [0.29, 0.717) is 24.7 Å². The third kappa shape index (κ3) is 4.15. The molecule has 28 heavy (non-hydrogen) atoms. The Morgan fingerprint density at radius 2 is 1.79 bits per heavy atom. The van der Waals surface area contributed by atoms with E-state index in [9.17, 15) is 26.3 Å². The highest BCUT2D eigenvalue weighted by atomic mass is 19.4. The maximum atomic E-state index is 13.8. The van der Waals surface area contributed by atoms with Gasteiger partial charge in [0, 0.05) is 24.9 Å². The molecule has 0 fully saturated rings. The molecule has 10 heteroatoms. The summed E-state index contributed by atoms with van der Waals surface area (Å²) < 4.78 is 79.9. The number of hydrogen-bond acceptors (Lipinski definition) is 3. The molecule has 1 aromatic carbocycles. The molecule has 0 unspecified atom stereocenters. The van der Waals surface area contributed by atoms with Gasteiger partial charge in [-0.25, -0.2) is 13.2 Å². The van der Waals surface area contributed by atoms with Crippen molar-refractivity contribution in [3.05, 3.63) is 59.1 Å². The second-order valence-corrected chi connectivity index (χ2v) is 6.95. The minimum atomic E-state index is -4.56. The average molecular weight is 404 g/mol. The van der Waals surface area contributed by atoms with Crippen LogP contribution in [0.1, 0.15) is 30.6 Å². The molecule has 0 spiro atoms. The van der Waals surface area contributed by atoms with Crippen molar-refractivity contribution >= 4 is 0 Å². The maximum Gasteiger partial charge on any atom is 0.451 e. The van der Waals surface area contributed by atoms with Crippen LogP contribution in [0.25, 0.3) is 0 Å². The van der Waals surface area contributed by atoms with Gasteiger partial charge in [-0.2, -0.15) is 13.2 Å². The van der Waals surface area contributed by atoms with Crippen LogP contribution in [0.3, 0.4) is 0 Å². The summed E-state index contributed by atoms with van der Waals surface area (Å²) in [5.41, 5.74) is 0.714. The van der Waals surface area contributed by atoms with Crippen molar-refractivity contribution in [2.45, 2.75) is 39.0 Å². The van der Waals surface area contributed by atoms with E-state index in [1.165, 1.54) is 0 Å². The van der Waals surface area contributed by atoms with Crippen LogP contribution in [0, 0.1) is 23.4 Å². The topological polar surface area (TPSA) is 34.0 Å². The third-order valence-electron chi connectivity index (χ3n) is 4.70. The molecule has 152 valence electrons. The number of aromatic nitrogens is 3. The van der Waals surface area contributed by atoms with Crippen LogP contribution in [-0.4, -0.2) is 26.2 Å². The van der Waals surface area contributed by atoms with Crippen LogP contribution in [0.5, 0.6) is 0 Å². The number of alkyl halides is 3. The Labute approximate surface area is 157 Å². The number of benzene rings is 1. The van der Waals surface area contributed by atoms with Gasteiger partial charge in [-0.05, 0) is 30.4 Å². The lowest BCUT2D eigenvalue weighted by Crippen LogP contribution is -2.35. The number of rotatable bonds is 5. The summed E-state index contributed by atoms with van der Waals surface area (Å²) in [6.45, 7) is 6.28. The van der Waals surface area contributed by atoms with E-state index < -0.39 is 29.5 Å². The second-order valence-electron chi connectivity index (χ2n) is 6.95. The van der Waals surface area contributed by atoms with E-state index in [1.807, 2.05) is 0 Å². The maximum absolute atomic E-state index is 13.8. The minimum absolute atomic E-state index is 0.0624. The number of hydrogen-bond donors (Lipinski definition) is 0. The zero-order valence-corrected chi connectivity index (χ0v) is 15.0. The lowest BCUT2D eigenvalue weighted by atomic mass is 9.96. The summed E-state index contributed by atoms with van der Waals surface area (Å²) in [6.07, 6.45) is -3.98. The summed E-state index contributed by atoms with van der Waals surface area (Å²) in [5, 5.41) is 6.84. The average Bonchev–Trinajstić information content (AvgIpc) is 3.03. The molecule has 0 saturated heterocycles. The van der Waals surface area contributed by atoms with Crippen molar-refractivity contribution in [3.63, 3.8) is 0 Å². The third-order valence-corrected chi connectivity index (χ3v) is 4.70. The number of halogens is 6. The Morgan fingerprint density at radius 3 is 2.46 bits per heavy atom.